The predicted octanol–water partition coefficient (Wildman–Crippen LogP) is 2.48. The van der Waals surface area contributed by atoms with Crippen LogP contribution in [0.25, 0.3) is 11.0 Å². The molecule has 1 aliphatic heterocycles. The fourth-order valence-electron chi connectivity index (χ4n) is 2.83. The number of rotatable bonds is 4. The molecule has 1 aliphatic rings. The van der Waals surface area contributed by atoms with E-state index in [4.69, 9.17) is 9.15 Å². The van der Waals surface area contributed by atoms with Gasteiger partial charge in [0.1, 0.15) is 5.58 Å². The van der Waals surface area contributed by atoms with Crippen molar-refractivity contribution < 1.29 is 17.6 Å². The highest BCUT2D eigenvalue weighted by Gasteiger charge is 2.32. The minimum absolute atomic E-state index is 0.0294. The first kappa shape index (κ1) is 14.6. The number of sulfonamides is 1. The average Bonchev–Trinajstić information content (AvgIpc) is 2.92. The number of furan rings is 1. The van der Waals surface area contributed by atoms with E-state index >= 15 is 0 Å². The Balaban J connectivity index is 1.88. The zero-order valence-corrected chi connectivity index (χ0v) is 12.8. The van der Waals surface area contributed by atoms with E-state index in [-0.39, 0.29) is 11.0 Å². The first-order chi connectivity index (χ1) is 10.1. The van der Waals surface area contributed by atoms with Crippen LogP contribution in [-0.4, -0.2) is 39.5 Å². The summed E-state index contributed by atoms with van der Waals surface area (Å²) in [5.74, 6) is 0.253. The van der Waals surface area contributed by atoms with E-state index in [1.54, 1.807) is 19.2 Å². The molecule has 2 aromatic rings. The molecule has 0 N–H and O–H groups in total. The quantitative estimate of drug-likeness (QED) is 0.870. The molecule has 1 saturated heterocycles. The van der Waals surface area contributed by atoms with Gasteiger partial charge < -0.3 is 9.15 Å². The molecule has 1 aromatic carbocycles. The molecule has 1 unspecified atom stereocenters. The summed E-state index contributed by atoms with van der Waals surface area (Å²) in [6.45, 7) is 1.62. The monoisotopic (exact) mass is 309 g/mol. The lowest BCUT2D eigenvalue weighted by Crippen LogP contribution is -2.40. The number of hydrogen-bond donors (Lipinski definition) is 0. The van der Waals surface area contributed by atoms with Gasteiger partial charge in [-0.25, -0.2) is 8.42 Å². The molecule has 0 bridgehead atoms. The number of para-hydroxylation sites is 1. The van der Waals surface area contributed by atoms with E-state index in [0.717, 1.165) is 18.2 Å². The molecule has 0 radical (unpaired) electrons. The maximum Gasteiger partial charge on any atom is 0.276 e. The maximum atomic E-state index is 12.7. The molecule has 2 heterocycles. The van der Waals surface area contributed by atoms with E-state index < -0.39 is 10.0 Å². The lowest BCUT2D eigenvalue weighted by molar-refractivity contribution is 0.118. The molecule has 5 nitrogen and oxygen atoms in total. The summed E-state index contributed by atoms with van der Waals surface area (Å²) in [7, 11) is -1.92. The van der Waals surface area contributed by atoms with Gasteiger partial charge in [-0.05, 0) is 24.8 Å². The first-order valence-corrected chi connectivity index (χ1v) is 8.53. The van der Waals surface area contributed by atoms with Crippen molar-refractivity contribution in [2.24, 2.45) is 5.92 Å². The Kier molecular flexibility index (Phi) is 4.01. The topological polar surface area (TPSA) is 59.8 Å². The Labute approximate surface area is 124 Å². The lowest BCUT2D eigenvalue weighted by Gasteiger charge is -2.30. The smallest absolute Gasteiger partial charge is 0.276 e. The zero-order chi connectivity index (χ0) is 14.9. The van der Waals surface area contributed by atoms with E-state index in [0.29, 0.717) is 25.3 Å². The largest absolute Gasteiger partial charge is 0.443 e. The molecule has 1 aromatic heterocycles. The minimum atomic E-state index is -3.56. The van der Waals surface area contributed by atoms with E-state index in [1.165, 1.54) is 4.31 Å². The fourth-order valence-corrected chi connectivity index (χ4v) is 4.33. The van der Waals surface area contributed by atoms with Crippen molar-refractivity contribution in [2.45, 2.75) is 17.9 Å². The second-order valence-corrected chi connectivity index (χ2v) is 7.30. The predicted molar refractivity (Wildman–Crippen MR) is 79.6 cm³/mol. The highest BCUT2D eigenvalue weighted by molar-refractivity contribution is 7.89. The number of benzene rings is 1. The van der Waals surface area contributed by atoms with Crippen molar-refractivity contribution in [3.8, 4) is 0 Å². The molecule has 1 fully saturated rings. The van der Waals surface area contributed by atoms with Crippen molar-refractivity contribution in [2.75, 3.05) is 26.8 Å². The second kappa shape index (κ2) is 5.79. The van der Waals surface area contributed by atoms with Crippen molar-refractivity contribution in [3.05, 3.63) is 30.3 Å². The summed E-state index contributed by atoms with van der Waals surface area (Å²) >= 11 is 0. The van der Waals surface area contributed by atoms with Crippen LogP contribution in [0.3, 0.4) is 0 Å². The molecule has 6 heteroatoms. The van der Waals surface area contributed by atoms with Crippen LogP contribution in [0.5, 0.6) is 0 Å². The Morgan fingerprint density at radius 1 is 1.38 bits per heavy atom. The molecule has 1 atom stereocenters. The highest BCUT2D eigenvalue weighted by Crippen LogP contribution is 2.28. The fraction of sp³-hybridized carbons (Fsp3) is 0.467. The van der Waals surface area contributed by atoms with Crippen molar-refractivity contribution in [3.63, 3.8) is 0 Å². The number of piperidine rings is 1. The van der Waals surface area contributed by atoms with Crippen LogP contribution in [0.15, 0.2) is 39.8 Å². The van der Waals surface area contributed by atoms with Gasteiger partial charge in [-0.3, -0.25) is 0 Å². The molecule has 114 valence electrons. The Bertz CT molecular complexity index is 687. The summed E-state index contributed by atoms with van der Waals surface area (Å²) in [5, 5.41) is 0.836. The summed E-state index contributed by atoms with van der Waals surface area (Å²) in [6, 6.07) is 8.92. The molecule has 0 aliphatic carbocycles. The van der Waals surface area contributed by atoms with Gasteiger partial charge in [0.25, 0.3) is 10.0 Å². The molecule has 0 spiro atoms. The summed E-state index contributed by atoms with van der Waals surface area (Å²) < 4.78 is 37.6. The van der Waals surface area contributed by atoms with Gasteiger partial charge in [0.15, 0.2) is 0 Å². The average molecular weight is 309 g/mol. The summed E-state index contributed by atoms with van der Waals surface area (Å²) in [4.78, 5) is 0. The number of methoxy groups -OCH3 is 1. The molecular weight excluding hydrogens is 290 g/mol. The van der Waals surface area contributed by atoms with E-state index in [2.05, 4.69) is 0 Å². The lowest BCUT2D eigenvalue weighted by atomic mass is 10.0. The second-order valence-electron chi connectivity index (χ2n) is 5.43. The standard InChI is InChI=1S/C15H19NO4S/c1-19-11-12-5-4-8-16(10-12)21(17,18)15-9-13-6-2-3-7-14(13)20-15/h2-3,6-7,9,12H,4-5,8,10-11H2,1H3. The first-order valence-electron chi connectivity index (χ1n) is 7.09. The third-order valence-electron chi connectivity index (χ3n) is 3.88. The molecular formula is C15H19NO4S. The number of ether oxygens (including phenoxy) is 1. The minimum Gasteiger partial charge on any atom is -0.443 e. The van der Waals surface area contributed by atoms with Crippen molar-refractivity contribution in [1.29, 1.82) is 0 Å². The third kappa shape index (κ3) is 2.84. The Hall–Kier alpha value is -1.37. The maximum absolute atomic E-state index is 12.7. The van der Waals surface area contributed by atoms with Crippen LogP contribution in [0, 0.1) is 5.92 Å². The van der Waals surface area contributed by atoms with Gasteiger partial charge in [0.05, 0.1) is 6.61 Å². The van der Waals surface area contributed by atoms with Crippen LogP contribution in [0.1, 0.15) is 12.8 Å². The van der Waals surface area contributed by atoms with Gasteiger partial charge in [0.2, 0.25) is 5.09 Å². The SMILES string of the molecule is COCC1CCCN(S(=O)(=O)c2cc3ccccc3o2)C1. The third-order valence-corrected chi connectivity index (χ3v) is 5.60. The van der Waals surface area contributed by atoms with Crippen LogP contribution >= 0.6 is 0 Å². The molecule has 3 rings (SSSR count). The van der Waals surface area contributed by atoms with Crippen LogP contribution in [0.4, 0.5) is 0 Å². The Morgan fingerprint density at radius 2 is 2.19 bits per heavy atom. The molecule has 0 saturated carbocycles. The van der Waals surface area contributed by atoms with Gasteiger partial charge in [-0.15, -0.1) is 0 Å². The molecule has 0 amide bonds. The highest BCUT2D eigenvalue weighted by atomic mass is 32.2. The van der Waals surface area contributed by atoms with Gasteiger partial charge in [-0.2, -0.15) is 4.31 Å². The van der Waals surface area contributed by atoms with Crippen LogP contribution in [0.2, 0.25) is 0 Å². The van der Waals surface area contributed by atoms with E-state index in [1.807, 2.05) is 18.2 Å². The molecule has 21 heavy (non-hydrogen) atoms. The van der Waals surface area contributed by atoms with Gasteiger partial charge in [-0.1, -0.05) is 18.2 Å². The number of fused-ring (bicyclic) bond motifs is 1. The van der Waals surface area contributed by atoms with Crippen LogP contribution < -0.4 is 0 Å². The number of hydrogen-bond acceptors (Lipinski definition) is 4. The van der Waals surface area contributed by atoms with E-state index in [9.17, 15) is 8.42 Å². The van der Waals surface area contributed by atoms with Crippen LogP contribution in [-0.2, 0) is 14.8 Å². The number of nitrogens with zero attached hydrogens (tertiary/aromatic N) is 1. The summed E-state index contributed by atoms with van der Waals surface area (Å²) in [6.07, 6.45) is 1.85. The van der Waals surface area contributed by atoms with Crippen molar-refractivity contribution in [1.82, 2.24) is 4.31 Å². The van der Waals surface area contributed by atoms with Crippen molar-refractivity contribution >= 4 is 21.0 Å². The summed E-state index contributed by atoms with van der Waals surface area (Å²) in [5.41, 5.74) is 0.599. The van der Waals surface area contributed by atoms with Gasteiger partial charge in [0, 0.05) is 31.7 Å². The normalized spacial score (nSPS) is 20.9. The Morgan fingerprint density at radius 3 is 2.95 bits per heavy atom. The van der Waals surface area contributed by atoms with Gasteiger partial charge >= 0.3 is 0 Å². The zero-order valence-electron chi connectivity index (χ0n) is 12.0.